The molecule has 2 aromatic carbocycles. The number of hydrogen-bond donors (Lipinski definition) is 1. The number of anilines is 2. The summed E-state index contributed by atoms with van der Waals surface area (Å²) in [5.41, 5.74) is 1.21. The lowest BCUT2D eigenvalue weighted by Crippen LogP contribution is -2.36. The standard InChI is InChI=1S/C18H16ClN3O3/c1-12(23)22(14-7-8-17(25-2)15(19)9-14)11-18(24)21-16-6-4-3-5-13(16)10-20/h3-9H,11H2,1-2H3,(H,21,24). The lowest BCUT2D eigenvalue weighted by atomic mass is 10.2. The van der Waals surface area contributed by atoms with E-state index in [2.05, 4.69) is 5.32 Å². The number of nitrogens with zero attached hydrogens (tertiary/aromatic N) is 2. The van der Waals surface area contributed by atoms with E-state index in [4.69, 9.17) is 21.6 Å². The molecule has 2 aromatic rings. The Labute approximate surface area is 150 Å². The minimum absolute atomic E-state index is 0.211. The van der Waals surface area contributed by atoms with E-state index in [1.165, 1.54) is 18.9 Å². The highest BCUT2D eigenvalue weighted by molar-refractivity contribution is 6.32. The van der Waals surface area contributed by atoms with Crippen LogP contribution in [0.25, 0.3) is 0 Å². The van der Waals surface area contributed by atoms with Gasteiger partial charge in [-0.3, -0.25) is 9.59 Å². The van der Waals surface area contributed by atoms with Gasteiger partial charge in [-0.25, -0.2) is 0 Å². The zero-order valence-electron chi connectivity index (χ0n) is 13.7. The van der Waals surface area contributed by atoms with Crippen molar-refractivity contribution in [3.05, 3.63) is 53.1 Å². The van der Waals surface area contributed by atoms with Gasteiger partial charge in [-0.15, -0.1) is 0 Å². The van der Waals surface area contributed by atoms with Crippen molar-refractivity contribution in [2.75, 3.05) is 23.9 Å². The summed E-state index contributed by atoms with van der Waals surface area (Å²) in [6.07, 6.45) is 0. The lowest BCUT2D eigenvalue weighted by Gasteiger charge is -2.21. The average molecular weight is 358 g/mol. The topological polar surface area (TPSA) is 82.4 Å². The molecule has 128 valence electrons. The Morgan fingerprint density at radius 3 is 2.60 bits per heavy atom. The molecule has 0 aromatic heterocycles. The molecule has 0 unspecified atom stereocenters. The molecule has 0 radical (unpaired) electrons. The highest BCUT2D eigenvalue weighted by Crippen LogP contribution is 2.29. The van der Waals surface area contributed by atoms with E-state index < -0.39 is 5.91 Å². The van der Waals surface area contributed by atoms with Gasteiger partial charge in [-0.05, 0) is 30.3 Å². The van der Waals surface area contributed by atoms with Gasteiger partial charge in [0.1, 0.15) is 18.4 Å². The molecule has 2 rings (SSSR count). The van der Waals surface area contributed by atoms with Crippen molar-refractivity contribution in [1.29, 1.82) is 5.26 Å². The Balaban J connectivity index is 2.19. The normalized spacial score (nSPS) is 9.84. The molecule has 0 fully saturated rings. The van der Waals surface area contributed by atoms with Gasteiger partial charge in [0.2, 0.25) is 11.8 Å². The molecule has 0 saturated carbocycles. The molecular weight excluding hydrogens is 342 g/mol. The summed E-state index contributed by atoms with van der Waals surface area (Å²) < 4.78 is 5.08. The Morgan fingerprint density at radius 2 is 2.00 bits per heavy atom. The van der Waals surface area contributed by atoms with Crippen LogP contribution in [0.2, 0.25) is 5.02 Å². The van der Waals surface area contributed by atoms with Crippen molar-refractivity contribution in [3.63, 3.8) is 0 Å². The number of rotatable bonds is 5. The number of nitriles is 1. The molecule has 0 bridgehead atoms. The van der Waals surface area contributed by atoms with Crippen LogP contribution in [0.15, 0.2) is 42.5 Å². The molecule has 2 amide bonds. The van der Waals surface area contributed by atoms with Gasteiger partial charge in [0.05, 0.1) is 23.4 Å². The number of ether oxygens (including phenoxy) is 1. The van der Waals surface area contributed by atoms with Gasteiger partial charge in [-0.2, -0.15) is 5.26 Å². The van der Waals surface area contributed by atoms with Crippen LogP contribution in [0.1, 0.15) is 12.5 Å². The SMILES string of the molecule is COc1ccc(N(CC(=O)Nc2ccccc2C#N)C(C)=O)cc1Cl. The highest BCUT2D eigenvalue weighted by Gasteiger charge is 2.18. The lowest BCUT2D eigenvalue weighted by molar-refractivity contribution is -0.120. The predicted molar refractivity (Wildman–Crippen MR) is 95.8 cm³/mol. The number of methoxy groups -OCH3 is 1. The second kappa shape index (κ2) is 8.18. The molecule has 6 nitrogen and oxygen atoms in total. The molecule has 0 aliphatic carbocycles. The van der Waals surface area contributed by atoms with Crippen LogP contribution in [-0.2, 0) is 9.59 Å². The molecule has 7 heteroatoms. The second-order valence-electron chi connectivity index (χ2n) is 5.13. The predicted octanol–water partition coefficient (Wildman–Crippen LogP) is 3.21. The van der Waals surface area contributed by atoms with Crippen LogP contribution in [0.5, 0.6) is 5.75 Å². The van der Waals surface area contributed by atoms with Crippen LogP contribution >= 0.6 is 11.6 Å². The number of para-hydroxylation sites is 1. The third-order valence-corrected chi connectivity index (χ3v) is 3.75. The van der Waals surface area contributed by atoms with Crippen LogP contribution in [-0.4, -0.2) is 25.5 Å². The zero-order valence-corrected chi connectivity index (χ0v) is 14.5. The highest BCUT2D eigenvalue weighted by atomic mass is 35.5. The maximum Gasteiger partial charge on any atom is 0.244 e. The molecule has 0 aliphatic heterocycles. The number of carbonyl (C=O) groups excluding carboxylic acids is 2. The fourth-order valence-electron chi connectivity index (χ4n) is 2.23. The monoisotopic (exact) mass is 357 g/mol. The molecule has 0 spiro atoms. The van der Waals surface area contributed by atoms with E-state index in [0.29, 0.717) is 27.7 Å². The largest absolute Gasteiger partial charge is 0.495 e. The number of amides is 2. The zero-order chi connectivity index (χ0) is 18.4. The van der Waals surface area contributed by atoms with Gasteiger partial charge in [0.15, 0.2) is 0 Å². The minimum Gasteiger partial charge on any atom is -0.495 e. The van der Waals surface area contributed by atoms with Crippen LogP contribution < -0.4 is 15.0 Å². The summed E-state index contributed by atoms with van der Waals surface area (Å²) >= 11 is 6.08. The third kappa shape index (κ3) is 4.49. The summed E-state index contributed by atoms with van der Waals surface area (Å²) in [5.74, 6) is -0.267. The number of carbonyl (C=O) groups is 2. The Hall–Kier alpha value is -3.04. The fourth-order valence-corrected chi connectivity index (χ4v) is 2.48. The van der Waals surface area contributed by atoms with E-state index in [0.717, 1.165) is 0 Å². The van der Waals surface area contributed by atoms with Crippen molar-refractivity contribution >= 4 is 34.8 Å². The van der Waals surface area contributed by atoms with E-state index in [1.54, 1.807) is 42.5 Å². The van der Waals surface area contributed by atoms with Gasteiger partial charge in [0.25, 0.3) is 0 Å². The van der Waals surface area contributed by atoms with E-state index >= 15 is 0 Å². The van der Waals surface area contributed by atoms with Crippen molar-refractivity contribution in [3.8, 4) is 11.8 Å². The molecule has 0 atom stereocenters. The first-order chi connectivity index (χ1) is 12.0. The second-order valence-corrected chi connectivity index (χ2v) is 5.54. The number of halogens is 1. The molecule has 25 heavy (non-hydrogen) atoms. The van der Waals surface area contributed by atoms with Crippen LogP contribution in [0.4, 0.5) is 11.4 Å². The molecule has 1 N–H and O–H groups in total. The van der Waals surface area contributed by atoms with Gasteiger partial charge < -0.3 is 15.0 Å². The number of hydrogen-bond acceptors (Lipinski definition) is 4. The van der Waals surface area contributed by atoms with E-state index in [-0.39, 0.29) is 12.5 Å². The van der Waals surface area contributed by atoms with Gasteiger partial charge in [0, 0.05) is 12.6 Å². The third-order valence-electron chi connectivity index (χ3n) is 3.45. The van der Waals surface area contributed by atoms with Gasteiger partial charge >= 0.3 is 0 Å². The number of benzene rings is 2. The van der Waals surface area contributed by atoms with Crippen molar-refractivity contribution in [1.82, 2.24) is 0 Å². The molecule has 0 saturated heterocycles. The first kappa shape index (κ1) is 18.3. The van der Waals surface area contributed by atoms with Crippen molar-refractivity contribution < 1.29 is 14.3 Å². The molecule has 0 heterocycles. The van der Waals surface area contributed by atoms with Crippen molar-refractivity contribution in [2.24, 2.45) is 0 Å². The van der Waals surface area contributed by atoms with Crippen LogP contribution in [0, 0.1) is 11.3 Å². The van der Waals surface area contributed by atoms with Crippen molar-refractivity contribution in [2.45, 2.75) is 6.92 Å². The average Bonchev–Trinajstić information content (AvgIpc) is 2.59. The summed E-state index contributed by atoms with van der Waals surface area (Å²) in [4.78, 5) is 25.5. The first-order valence-corrected chi connectivity index (χ1v) is 7.74. The van der Waals surface area contributed by atoms with E-state index in [9.17, 15) is 9.59 Å². The molecular formula is C18H16ClN3O3. The maximum absolute atomic E-state index is 12.3. The Morgan fingerprint density at radius 1 is 1.28 bits per heavy atom. The minimum atomic E-state index is -0.426. The van der Waals surface area contributed by atoms with E-state index in [1.807, 2.05) is 6.07 Å². The smallest absolute Gasteiger partial charge is 0.244 e. The Kier molecular flexibility index (Phi) is 5.98. The summed E-state index contributed by atoms with van der Waals surface area (Å²) in [7, 11) is 1.49. The quantitative estimate of drug-likeness (QED) is 0.890. The summed E-state index contributed by atoms with van der Waals surface area (Å²) in [5, 5.41) is 12.0. The first-order valence-electron chi connectivity index (χ1n) is 7.37. The van der Waals surface area contributed by atoms with Crippen LogP contribution in [0.3, 0.4) is 0 Å². The fraction of sp³-hybridized carbons (Fsp3) is 0.167. The number of nitrogens with one attached hydrogen (secondary N) is 1. The summed E-state index contributed by atoms with van der Waals surface area (Å²) in [6, 6.07) is 13.5. The molecule has 0 aliphatic rings. The summed E-state index contributed by atoms with van der Waals surface area (Å²) in [6.45, 7) is 1.15. The Bertz CT molecular complexity index is 846. The van der Waals surface area contributed by atoms with Gasteiger partial charge in [-0.1, -0.05) is 23.7 Å². The maximum atomic E-state index is 12.3.